The summed E-state index contributed by atoms with van der Waals surface area (Å²) in [6.45, 7) is 0.939. The standard InChI is InChI=1S/C11H20F3NO/c1-15-7-9-4-2-8(3-5-9)6-10(16)11(12,13)14/h8-10,15-16H,2-7H2,1H3. The average molecular weight is 239 g/mol. The van der Waals surface area contributed by atoms with Crippen molar-refractivity contribution in [2.24, 2.45) is 11.8 Å². The zero-order valence-electron chi connectivity index (χ0n) is 9.56. The summed E-state index contributed by atoms with van der Waals surface area (Å²) in [7, 11) is 1.89. The van der Waals surface area contributed by atoms with Crippen molar-refractivity contribution in [3.8, 4) is 0 Å². The Labute approximate surface area is 94.2 Å². The summed E-state index contributed by atoms with van der Waals surface area (Å²) in [5.41, 5.74) is 0. The molecule has 0 heterocycles. The Hall–Kier alpha value is -0.290. The molecule has 2 nitrogen and oxygen atoms in total. The first-order valence-corrected chi connectivity index (χ1v) is 5.83. The molecule has 0 bridgehead atoms. The highest BCUT2D eigenvalue weighted by Gasteiger charge is 2.39. The molecule has 0 aromatic carbocycles. The molecule has 1 aliphatic rings. The number of hydrogen-bond acceptors (Lipinski definition) is 2. The number of halogens is 3. The third kappa shape index (κ3) is 4.29. The molecule has 0 aliphatic heterocycles. The zero-order chi connectivity index (χ0) is 12.2. The van der Waals surface area contributed by atoms with Crippen molar-refractivity contribution in [3.05, 3.63) is 0 Å². The van der Waals surface area contributed by atoms with Gasteiger partial charge in [0.15, 0.2) is 0 Å². The maximum Gasteiger partial charge on any atom is 0.414 e. The Morgan fingerprint density at radius 2 is 1.69 bits per heavy atom. The van der Waals surface area contributed by atoms with Crippen LogP contribution in [0.25, 0.3) is 0 Å². The lowest BCUT2D eigenvalue weighted by Gasteiger charge is -2.30. The number of aliphatic hydroxyl groups is 1. The molecule has 1 fully saturated rings. The molecule has 0 spiro atoms. The normalized spacial score (nSPS) is 29.1. The van der Waals surface area contributed by atoms with Crippen molar-refractivity contribution in [1.82, 2.24) is 5.32 Å². The number of aliphatic hydroxyl groups excluding tert-OH is 1. The van der Waals surface area contributed by atoms with E-state index < -0.39 is 12.3 Å². The van der Waals surface area contributed by atoms with Gasteiger partial charge in [-0.1, -0.05) is 12.8 Å². The highest BCUT2D eigenvalue weighted by atomic mass is 19.4. The summed E-state index contributed by atoms with van der Waals surface area (Å²) in [5, 5.41) is 12.1. The van der Waals surface area contributed by atoms with Gasteiger partial charge in [-0.3, -0.25) is 0 Å². The van der Waals surface area contributed by atoms with Crippen LogP contribution in [0.2, 0.25) is 0 Å². The van der Waals surface area contributed by atoms with E-state index in [4.69, 9.17) is 5.11 Å². The third-order valence-corrected chi connectivity index (χ3v) is 3.39. The van der Waals surface area contributed by atoms with Gasteiger partial charge in [0.05, 0.1) is 0 Å². The second-order valence-corrected chi connectivity index (χ2v) is 4.74. The van der Waals surface area contributed by atoms with Gasteiger partial charge in [-0.25, -0.2) is 0 Å². The maximum atomic E-state index is 12.1. The van der Waals surface area contributed by atoms with Gasteiger partial charge in [0.2, 0.25) is 0 Å². The van der Waals surface area contributed by atoms with Gasteiger partial charge in [0.25, 0.3) is 0 Å². The van der Waals surface area contributed by atoms with E-state index in [-0.39, 0.29) is 12.3 Å². The van der Waals surface area contributed by atoms with E-state index in [1.807, 2.05) is 7.05 Å². The summed E-state index contributed by atoms with van der Waals surface area (Å²) in [4.78, 5) is 0. The summed E-state index contributed by atoms with van der Waals surface area (Å²) < 4.78 is 36.4. The lowest BCUT2D eigenvalue weighted by molar-refractivity contribution is -0.209. The lowest BCUT2D eigenvalue weighted by atomic mass is 9.79. The fourth-order valence-electron chi connectivity index (χ4n) is 2.41. The van der Waals surface area contributed by atoms with Crippen LogP contribution >= 0.6 is 0 Å². The number of hydrogen-bond donors (Lipinski definition) is 2. The molecule has 5 heteroatoms. The molecule has 1 rings (SSSR count). The van der Waals surface area contributed by atoms with E-state index in [9.17, 15) is 13.2 Å². The fraction of sp³-hybridized carbons (Fsp3) is 1.00. The van der Waals surface area contributed by atoms with Crippen molar-refractivity contribution in [1.29, 1.82) is 0 Å². The first-order valence-electron chi connectivity index (χ1n) is 5.83. The summed E-state index contributed by atoms with van der Waals surface area (Å²) >= 11 is 0. The SMILES string of the molecule is CNCC1CCC(CC(O)C(F)(F)F)CC1. The zero-order valence-corrected chi connectivity index (χ0v) is 9.56. The molecule has 0 saturated heterocycles. The molecule has 0 aromatic heterocycles. The van der Waals surface area contributed by atoms with Crippen LogP contribution in [0.5, 0.6) is 0 Å². The molecule has 96 valence electrons. The Kier molecular flexibility index (Phi) is 5.05. The topological polar surface area (TPSA) is 32.3 Å². The van der Waals surface area contributed by atoms with E-state index in [1.165, 1.54) is 0 Å². The van der Waals surface area contributed by atoms with E-state index in [0.717, 1.165) is 32.2 Å². The Balaban J connectivity index is 2.27. The second-order valence-electron chi connectivity index (χ2n) is 4.74. The van der Waals surface area contributed by atoms with E-state index in [1.54, 1.807) is 0 Å². The first kappa shape index (κ1) is 13.8. The van der Waals surface area contributed by atoms with E-state index >= 15 is 0 Å². The smallest absolute Gasteiger partial charge is 0.384 e. The minimum atomic E-state index is -4.46. The summed E-state index contributed by atoms with van der Waals surface area (Å²) in [6, 6.07) is 0. The maximum absolute atomic E-state index is 12.1. The van der Waals surface area contributed by atoms with Gasteiger partial charge < -0.3 is 10.4 Å². The van der Waals surface area contributed by atoms with Crippen LogP contribution in [0, 0.1) is 11.8 Å². The highest BCUT2D eigenvalue weighted by molar-refractivity contribution is 4.77. The van der Waals surface area contributed by atoms with Gasteiger partial charge >= 0.3 is 6.18 Å². The fourth-order valence-corrected chi connectivity index (χ4v) is 2.41. The van der Waals surface area contributed by atoms with Gasteiger partial charge in [-0.2, -0.15) is 13.2 Å². The molecule has 2 N–H and O–H groups in total. The van der Waals surface area contributed by atoms with Gasteiger partial charge in [0, 0.05) is 0 Å². The summed E-state index contributed by atoms with van der Waals surface area (Å²) in [5.74, 6) is 0.619. The lowest BCUT2D eigenvalue weighted by Crippen LogP contribution is -2.32. The van der Waals surface area contributed by atoms with Crippen LogP contribution < -0.4 is 5.32 Å². The van der Waals surface area contributed by atoms with Crippen molar-refractivity contribution in [2.75, 3.05) is 13.6 Å². The number of alkyl halides is 3. The van der Waals surface area contributed by atoms with Crippen LogP contribution in [0.4, 0.5) is 13.2 Å². The minimum Gasteiger partial charge on any atom is -0.384 e. The minimum absolute atomic E-state index is 0.0322. The van der Waals surface area contributed by atoms with Crippen molar-refractivity contribution in [3.63, 3.8) is 0 Å². The average Bonchev–Trinajstić information content (AvgIpc) is 2.20. The molecule has 1 aliphatic carbocycles. The molecule has 0 amide bonds. The van der Waals surface area contributed by atoms with Crippen LogP contribution in [-0.2, 0) is 0 Å². The molecular weight excluding hydrogens is 219 g/mol. The number of nitrogens with one attached hydrogen (secondary N) is 1. The molecule has 1 unspecified atom stereocenters. The van der Waals surface area contributed by atoms with Crippen LogP contribution in [0.3, 0.4) is 0 Å². The largest absolute Gasteiger partial charge is 0.414 e. The monoisotopic (exact) mass is 239 g/mol. The van der Waals surface area contributed by atoms with Crippen LogP contribution in [-0.4, -0.2) is 31.0 Å². The Morgan fingerprint density at radius 1 is 1.19 bits per heavy atom. The molecule has 0 aromatic rings. The van der Waals surface area contributed by atoms with Crippen LogP contribution in [0.15, 0.2) is 0 Å². The molecule has 1 atom stereocenters. The highest BCUT2D eigenvalue weighted by Crippen LogP contribution is 2.34. The molecule has 0 radical (unpaired) electrons. The van der Waals surface area contributed by atoms with E-state index in [2.05, 4.69) is 5.32 Å². The molecule has 16 heavy (non-hydrogen) atoms. The summed E-state index contributed by atoms with van der Waals surface area (Å²) in [6.07, 6.45) is -3.18. The second kappa shape index (κ2) is 5.87. The van der Waals surface area contributed by atoms with Crippen molar-refractivity contribution in [2.45, 2.75) is 44.4 Å². The van der Waals surface area contributed by atoms with Gasteiger partial charge in [-0.15, -0.1) is 0 Å². The Morgan fingerprint density at radius 3 is 2.12 bits per heavy atom. The predicted molar refractivity (Wildman–Crippen MR) is 56.1 cm³/mol. The van der Waals surface area contributed by atoms with Gasteiger partial charge in [-0.05, 0) is 44.7 Å². The van der Waals surface area contributed by atoms with Crippen molar-refractivity contribution >= 4 is 0 Å². The first-order chi connectivity index (χ1) is 7.43. The van der Waals surface area contributed by atoms with Crippen LogP contribution in [0.1, 0.15) is 32.1 Å². The Bertz CT molecular complexity index is 200. The third-order valence-electron chi connectivity index (χ3n) is 3.39. The van der Waals surface area contributed by atoms with Gasteiger partial charge in [0.1, 0.15) is 6.10 Å². The quantitative estimate of drug-likeness (QED) is 0.789. The predicted octanol–water partition coefficient (Wildman–Crippen LogP) is 2.33. The molecule has 1 saturated carbocycles. The van der Waals surface area contributed by atoms with Crippen molar-refractivity contribution < 1.29 is 18.3 Å². The number of rotatable bonds is 4. The molecular formula is C11H20F3NO. The van der Waals surface area contributed by atoms with E-state index in [0.29, 0.717) is 5.92 Å².